The highest BCUT2D eigenvalue weighted by Gasteiger charge is 2.49. The maximum absolute atomic E-state index is 12.0. The minimum absolute atomic E-state index is 0.0638. The third-order valence-corrected chi connectivity index (χ3v) is 4.14. The summed E-state index contributed by atoms with van der Waals surface area (Å²) in [5.41, 5.74) is 1.68. The molecule has 2 atom stereocenters. The van der Waals surface area contributed by atoms with Crippen LogP contribution in [0.15, 0.2) is 24.3 Å². The van der Waals surface area contributed by atoms with Crippen molar-refractivity contribution >= 4 is 11.9 Å². The van der Waals surface area contributed by atoms with E-state index in [0.29, 0.717) is 0 Å². The molecule has 4 nitrogen and oxygen atoms in total. The fourth-order valence-corrected chi connectivity index (χ4v) is 3.16. The van der Waals surface area contributed by atoms with Crippen LogP contribution in [0.1, 0.15) is 36.8 Å². The molecule has 4 heteroatoms. The summed E-state index contributed by atoms with van der Waals surface area (Å²) >= 11 is 0. The van der Waals surface area contributed by atoms with Crippen LogP contribution >= 0.6 is 0 Å². The van der Waals surface area contributed by atoms with Crippen LogP contribution in [0.5, 0.6) is 0 Å². The second kappa shape index (κ2) is 3.83. The lowest BCUT2D eigenvalue weighted by atomic mass is 9.72. The number of rotatable bonds is 1. The van der Waals surface area contributed by atoms with Gasteiger partial charge in [-0.25, -0.2) is 4.79 Å². The number of hydrogen-bond acceptors (Lipinski definition) is 2. The van der Waals surface area contributed by atoms with Gasteiger partial charge in [0.05, 0.1) is 0 Å². The van der Waals surface area contributed by atoms with E-state index in [-0.39, 0.29) is 17.9 Å². The highest BCUT2D eigenvalue weighted by molar-refractivity contribution is 6.07. The van der Waals surface area contributed by atoms with Crippen molar-refractivity contribution in [1.82, 2.24) is 10.6 Å². The lowest BCUT2D eigenvalue weighted by molar-refractivity contribution is -0.124. The number of amides is 3. The molecule has 1 aromatic carbocycles. The van der Waals surface area contributed by atoms with Gasteiger partial charge in [0, 0.05) is 5.92 Å². The van der Waals surface area contributed by atoms with Crippen molar-refractivity contribution in [3.8, 4) is 0 Å². The van der Waals surface area contributed by atoms with E-state index in [9.17, 15) is 9.59 Å². The van der Waals surface area contributed by atoms with Gasteiger partial charge in [-0.1, -0.05) is 24.3 Å². The van der Waals surface area contributed by atoms with Gasteiger partial charge in [0.2, 0.25) is 0 Å². The van der Waals surface area contributed by atoms with Gasteiger partial charge in [0.25, 0.3) is 5.91 Å². The Balaban J connectivity index is 2.04. The van der Waals surface area contributed by atoms with Gasteiger partial charge < -0.3 is 5.32 Å². The second-order valence-corrected chi connectivity index (χ2v) is 5.25. The monoisotopic (exact) mass is 244 g/mol. The molecule has 1 aliphatic carbocycles. The van der Waals surface area contributed by atoms with Crippen LogP contribution in [-0.2, 0) is 11.2 Å². The van der Waals surface area contributed by atoms with Crippen molar-refractivity contribution in [3.63, 3.8) is 0 Å². The molecule has 18 heavy (non-hydrogen) atoms. The van der Waals surface area contributed by atoms with Crippen molar-refractivity contribution in [3.05, 3.63) is 35.4 Å². The maximum Gasteiger partial charge on any atom is 0.322 e. The van der Waals surface area contributed by atoms with Crippen molar-refractivity contribution in [2.24, 2.45) is 0 Å². The Bertz CT molecular complexity index is 526. The van der Waals surface area contributed by atoms with E-state index < -0.39 is 5.54 Å². The van der Waals surface area contributed by atoms with E-state index in [1.165, 1.54) is 11.1 Å². The summed E-state index contributed by atoms with van der Waals surface area (Å²) in [6.07, 6.45) is 3.04. The normalized spacial score (nSPS) is 30.6. The molecule has 0 spiro atoms. The number of nitrogens with one attached hydrogen (secondary N) is 2. The minimum Gasteiger partial charge on any atom is -0.323 e. The highest BCUT2D eigenvalue weighted by atomic mass is 16.2. The van der Waals surface area contributed by atoms with Gasteiger partial charge in [-0.15, -0.1) is 0 Å². The summed E-state index contributed by atoms with van der Waals surface area (Å²) in [6.45, 7) is 1.82. The van der Waals surface area contributed by atoms with Gasteiger partial charge in [-0.05, 0) is 37.3 Å². The van der Waals surface area contributed by atoms with Crippen molar-refractivity contribution < 1.29 is 9.59 Å². The third kappa shape index (κ3) is 1.52. The molecule has 1 fully saturated rings. The summed E-state index contributed by atoms with van der Waals surface area (Å²) in [5.74, 6) is -0.150. The van der Waals surface area contributed by atoms with E-state index in [1.807, 2.05) is 19.1 Å². The Labute approximate surface area is 106 Å². The van der Waals surface area contributed by atoms with Crippen LogP contribution in [0.2, 0.25) is 0 Å². The summed E-state index contributed by atoms with van der Waals surface area (Å²) < 4.78 is 0. The first-order chi connectivity index (χ1) is 8.61. The van der Waals surface area contributed by atoms with E-state index in [0.717, 1.165) is 19.3 Å². The number of carbonyl (C=O) groups is 2. The standard InChI is InChI=1S/C14H16N2O2/c1-14(12(17)15-13(18)16-14)11-8-4-6-9-5-2-3-7-10(9)11/h2-3,5,7,11H,4,6,8H2,1H3,(H2,15,16,17,18). The molecule has 1 saturated heterocycles. The fraction of sp³-hybridized carbons (Fsp3) is 0.429. The summed E-state index contributed by atoms with van der Waals surface area (Å²) in [7, 11) is 0. The maximum atomic E-state index is 12.0. The molecule has 1 aliphatic heterocycles. The molecule has 0 radical (unpaired) electrons. The summed E-state index contributed by atoms with van der Waals surface area (Å²) in [4.78, 5) is 23.4. The number of urea groups is 1. The third-order valence-electron chi connectivity index (χ3n) is 4.14. The average Bonchev–Trinajstić information content (AvgIpc) is 2.63. The van der Waals surface area contributed by atoms with Crippen LogP contribution < -0.4 is 10.6 Å². The predicted octanol–water partition coefficient (Wildman–Crippen LogP) is 1.70. The van der Waals surface area contributed by atoms with E-state index >= 15 is 0 Å². The zero-order chi connectivity index (χ0) is 12.8. The summed E-state index contributed by atoms with van der Waals surface area (Å²) in [5, 5.41) is 5.14. The SMILES string of the molecule is CC1(C2CCCc3ccccc32)NC(=O)NC1=O. The van der Waals surface area contributed by atoms with Crippen LogP contribution in [-0.4, -0.2) is 17.5 Å². The van der Waals surface area contributed by atoms with Gasteiger partial charge in [-0.3, -0.25) is 10.1 Å². The Morgan fingerprint density at radius 2 is 2.06 bits per heavy atom. The van der Waals surface area contributed by atoms with E-state index in [2.05, 4.69) is 22.8 Å². The van der Waals surface area contributed by atoms with Crippen molar-refractivity contribution in [1.29, 1.82) is 0 Å². The van der Waals surface area contributed by atoms with Crippen molar-refractivity contribution in [2.75, 3.05) is 0 Å². The van der Waals surface area contributed by atoms with E-state index in [4.69, 9.17) is 0 Å². The number of aryl methyl sites for hydroxylation is 1. The molecule has 0 aromatic heterocycles. The lowest BCUT2D eigenvalue weighted by Crippen LogP contribution is -2.50. The molecular formula is C14H16N2O2. The molecule has 2 aliphatic rings. The molecule has 2 N–H and O–H groups in total. The fourth-order valence-electron chi connectivity index (χ4n) is 3.16. The Kier molecular flexibility index (Phi) is 2.40. The largest absolute Gasteiger partial charge is 0.323 e. The van der Waals surface area contributed by atoms with Crippen molar-refractivity contribution in [2.45, 2.75) is 37.6 Å². The van der Waals surface area contributed by atoms with Crippen LogP contribution in [0, 0.1) is 0 Å². The first-order valence-corrected chi connectivity index (χ1v) is 6.32. The molecular weight excluding hydrogens is 228 g/mol. The molecule has 3 amide bonds. The Morgan fingerprint density at radius 1 is 1.28 bits per heavy atom. The molecule has 2 unspecified atom stereocenters. The average molecular weight is 244 g/mol. The lowest BCUT2D eigenvalue weighted by Gasteiger charge is -2.35. The van der Waals surface area contributed by atoms with Gasteiger partial charge in [0.1, 0.15) is 5.54 Å². The Hall–Kier alpha value is -1.84. The molecule has 0 bridgehead atoms. The minimum atomic E-state index is -0.812. The zero-order valence-corrected chi connectivity index (χ0v) is 10.3. The molecule has 0 saturated carbocycles. The second-order valence-electron chi connectivity index (χ2n) is 5.25. The van der Waals surface area contributed by atoms with Gasteiger partial charge in [0.15, 0.2) is 0 Å². The number of carbonyl (C=O) groups excluding carboxylic acids is 2. The number of fused-ring (bicyclic) bond motifs is 1. The number of imide groups is 1. The quantitative estimate of drug-likeness (QED) is 0.739. The summed E-state index contributed by atoms with van der Waals surface area (Å²) in [6, 6.07) is 7.82. The predicted molar refractivity (Wildman–Crippen MR) is 67.2 cm³/mol. The van der Waals surface area contributed by atoms with Crippen LogP contribution in [0.3, 0.4) is 0 Å². The Morgan fingerprint density at radius 3 is 2.78 bits per heavy atom. The van der Waals surface area contributed by atoms with Crippen LogP contribution in [0.4, 0.5) is 4.79 Å². The smallest absolute Gasteiger partial charge is 0.322 e. The molecule has 94 valence electrons. The van der Waals surface area contributed by atoms with Gasteiger partial charge >= 0.3 is 6.03 Å². The first-order valence-electron chi connectivity index (χ1n) is 6.32. The zero-order valence-electron chi connectivity index (χ0n) is 10.3. The number of hydrogen-bond donors (Lipinski definition) is 2. The molecule has 3 rings (SSSR count). The topological polar surface area (TPSA) is 58.2 Å². The van der Waals surface area contributed by atoms with E-state index in [1.54, 1.807) is 0 Å². The molecule has 1 heterocycles. The number of benzene rings is 1. The first kappa shape index (κ1) is 11.3. The van der Waals surface area contributed by atoms with Gasteiger partial charge in [-0.2, -0.15) is 0 Å². The highest BCUT2D eigenvalue weighted by Crippen LogP contribution is 2.40. The van der Waals surface area contributed by atoms with Crippen LogP contribution in [0.25, 0.3) is 0 Å². The molecule has 1 aromatic rings.